The Kier molecular flexibility index (Phi) is 3.81. The molecule has 5 heteroatoms. The van der Waals surface area contributed by atoms with Gasteiger partial charge in [0.2, 0.25) is 5.91 Å². The third-order valence-corrected chi connectivity index (χ3v) is 3.85. The van der Waals surface area contributed by atoms with Gasteiger partial charge in [0.15, 0.2) is 0 Å². The molecule has 0 spiro atoms. The molecular formula is C16H17N3O2. The van der Waals surface area contributed by atoms with Gasteiger partial charge >= 0.3 is 0 Å². The lowest BCUT2D eigenvalue weighted by atomic mass is 10.1. The van der Waals surface area contributed by atoms with E-state index < -0.39 is 0 Å². The van der Waals surface area contributed by atoms with Crippen LogP contribution in [0, 0.1) is 5.92 Å². The molecule has 108 valence electrons. The zero-order valence-corrected chi connectivity index (χ0v) is 11.6. The summed E-state index contributed by atoms with van der Waals surface area (Å²) in [6.45, 7) is 0. The normalized spacial score (nSPS) is 15.0. The molecule has 2 aromatic rings. The molecule has 1 aliphatic carbocycles. The van der Waals surface area contributed by atoms with Crippen LogP contribution in [-0.2, 0) is 4.79 Å². The van der Waals surface area contributed by atoms with Gasteiger partial charge in [-0.25, -0.2) is 5.10 Å². The number of hydrogen-bond donors (Lipinski definition) is 2. The molecule has 1 saturated carbocycles. The number of rotatable bonds is 3. The quantitative estimate of drug-likeness (QED) is 0.909. The van der Waals surface area contributed by atoms with E-state index in [9.17, 15) is 9.59 Å². The van der Waals surface area contributed by atoms with Crippen molar-refractivity contribution < 1.29 is 4.79 Å². The molecule has 3 rings (SSSR count). The fourth-order valence-corrected chi connectivity index (χ4v) is 2.66. The summed E-state index contributed by atoms with van der Waals surface area (Å²) in [4.78, 5) is 23.0. The number of carbonyl (C=O) groups excluding carboxylic acids is 1. The number of nitrogens with zero attached hydrogens (tertiary/aromatic N) is 1. The Hall–Kier alpha value is -2.43. The molecule has 1 heterocycles. The molecular weight excluding hydrogens is 266 g/mol. The Labute approximate surface area is 122 Å². The molecule has 1 aromatic carbocycles. The SMILES string of the molecule is O=C(Nc1ccc(-c2ccc(=O)[nH]n2)cc1)C1CCCC1. The van der Waals surface area contributed by atoms with Gasteiger partial charge in [-0.05, 0) is 31.0 Å². The van der Waals surface area contributed by atoms with Gasteiger partial charge in [-0.15, -0.1) is 0 Å². The van der Waals surface area contributed by atoms with Gasteiger partial charge in [0.05, 0.1) is 5.69 Å². The average molecular weight is 283 g/mol. The van der Waals surface area contributed by atoms with E-state index in [1.54, 1.807) is 6.07 Å². The van der Waals surface area contributed by atoms with Crippen molar-refractivity contribution >= 4 is 11.6 Å². The first-order valence-corrected chi connectivity index (χ1v) is 7.19. The van der Waals surface area contributed by atoms with Crippen LogP contribution in [0.5, 0.6) is 0 Å². The Morgan fingerprint density at radius 1 is 1.10 bits per heavy atom. The van der Waals surface area contributed by atoms with Gasteiger partial charge in [-0.2, -0.15) is 5.10 Å². The van der Waals surface area contributed by atoms with Crippen molar-refractivity contribution in [3.05, 3.63) is 46.8 Å². The van der Waals surface area contributed by atoms with Crippen LogP contribution in [0.25, 0.3) is 11.3 Å². The molecule has 5 nitrogen and oxygen atoms in total. The van der Waals surface area contributed by atoms with Crippen LogP contribution in [-0.4, -0.2) is 16.1 Å². The Morgan fingerprint density at radius 3 is 2.43 bits per heavy atom. The van der Waals surface area contributed by atoms with E-state index in [1.807, 2.05) is 24.3 Å². The number of benzene rings is 1. The summed E-state index contributed by atoms with van der Waals surface area (Å²) >= 11 is 0. The third kappa shape index (κ3) is 3.18. The lowest BCUT2D eigenvalue weighted by molar-refractivity contribution is -0.119. The highest BCUT2D eigenvalue weighted by molar-refractivity contribution is 5.92. The van der Waals surface area contributed by atoms with E-state index in [1.165, 1.54) is 6.07 Å². The number of anilines is 1. The zero-order valence-electron chi connectivity index (χ0n) is 11.6. The third-order valence-electron chi connectivity index (χ3n) is 3.85. The van der Waals surface area contributed by atoms with Crippen LogP contribution in [0.1, 0.15) is 25.7 Å². The molecule has 0 radical (unpaired) electrons. The highest BCUT2D eigenvalue weighted by atomic mass is 16.2. The Bertz CT molecular complexity index is 665. The summed E-state index contributed by atoms with van der Waals surface area (Å²) in [6.07, 6.45) is 4.28. The summed E-state index contributed by atoms with van der Waals surface area (Å²) in [7, 11) is 0. The van der Waals surface area contributed by atoms with Gasteiger partial charge in [0.1, 0.15) is 0 Å². The average Bonchev–Trinajstić information content (AvgIpc) is 3.03. The van der Waals surface area contributed by atoms with Gasteiger partial charge in [0, 0.05) is 23.2 Å². The van der Waals surface area contributed by atoms with Crippen molar-refractivity contribution in [2.24, 2.45) is 5.92 Å². The Balaban J connectivity index is 1.70. The van der Waals surface area contributed by atoms with E-state index in [-0.39, 0.29) is 17.4 Å². The minimum absolute atomic E-state index is 0.113. The van der Waals surface area contributed by atoms with E-state index in [4.69, 9.17) is 0 Å². The molecule has 2 N–H and O–H groups in total. The zero-order chi connectivity index (χ0) is 14.7. The van der Waals surface area contributed by atoms with Crippen molar-refractivity contribution in [1.82, 2.24) is 10.2 Å². The van der Waals surface area contributed by atoms with Crippen LogP contribution in [0.4, 0.5) is 5.69 Å². The first kappa shape index (κ1) is 13.5. The van der Waals surface area contributed by atoms with Crippen LogP contribution < -0.4 is 10.9 Å². The van der Waals surface area contributed by atoms with Crippen LogP contribution in [0.2, 0.25) is 0 Å². The predicted octanol–water partition coefficient (Wildman–Crippen LogP) is 2.57. The molecule has 21 heavy (non-hydrogen) atoms. The fourth-order valence-electron chi connectivity index (χ4n) is 2.66. The molecule has 1 amide bonds. The topological polar surface area (TPSA) is 74.8 Å². The van der Waals surface area contributed by atoms with Gasteiger partial charge in [0.25, 0.3) is 5.56 Å². The summed E-state index contributed by atoms with van der Waals surface area (Å²) < 4.78 is 0. The van der Waals surface area contributed by atoms with Crippen molar-refractivity contribution in [2.45, 2.75) is 25.7 Å². The summed E-state index contributed by atoms with van der Waals surface area (Å²) in [6, 6.07) is 10.6. The number of nitrogens with one attached hydrogen (secondary N) is 2. The molecule has 0 bridgehead atoms. The minimum Gasteiger partial charge on any atom is -0.326 e. The lowest BCUT2D eigenvalue weighted by Crippen LogP contribution is -2.20. The standard InChI is InChI=1S/C16H17N3O2/c20-15-10-9-14(18-19-15)11-5-7-13(8-6-11)17-16(21)12-3-1-2-4-12/h5-10,12H,1-4H2,(H,17,21)(H,19,20). The molecule has 1 fully saturated rings. The smallest absolute Gasteiger partial charge is 0.264 e. The van der Waals surface area contributed by atoms with E-state index in [0.29, 0.717) is 5.69 Å². The number of aromatic amines is 1. The molecule has 1 aromatic heterocycles. The molecule has 0 atom stereocenters. The maximum Gasteiger partial charge on any atom is 0.264 e. The summed E-state index contributed by atoms with van der Waals surface area (Å²) in [5, 5.41) is 9.34. The van der Waals surface area contributed by atoms with Crippen molar-refractivity contribution in [3.63, 3.8) is 0 Å². The van der Waals surface area contributed by atoms with Crippen molar-refractivity contribution in [1.29, 1.82) is 0 Å². The summed E-state index contributed by atoms with van der Waals surface area (Å²) in [5.41, 5.74) is 2.16. The van der Waals surface area contributed by atoms with Gasteiger partial charge in [-0.1, -0.05) is 25.0 Å². The molecule has 1 aliphatic rings. The monoisotopic (exact) mass is 283 g/mol. The second kappa shape index (κ2) is 5.91. The first-order chi connectivity index (χ1) is 10.2. The van der Waals surface area contributed by atoms with Crippen molar-refractivity contribution in [3.8, 4) is 11.3 Å². The number of H-pyrrole nitrogens is 1. The molecule has 0 aliphatic heterocycles. The number of amides is 1. The van der Waals surface area contributed by atoms with E-state index in [0.717, 1.165) is 36.9 Å². The van der Waals surface area contributed by atoms with Gasteiger partial charge < -0.3 is 5.32 Å². The van der Waals surface area contributed by atoms with Crippen LogP contribution >= 0.6 is 0 Å². The van der Waals surface area contributed by atoms with E-state index >= 15 is 0 Å². The first-order valence-electron chi connectivity index (χ1n) is 7.19. The number of carbonyl (C=O) groups is 1. The summed E-state index contributed by atoms with van der Waals surface area (Å²) in [5.74, 6) is 0.271. The second-order valence-electron chi connectivity index (χ2n) is 5.35. The van der Waals surface area contributed by atoms with Crippen LogP contribution in [0.15, 0.2) is 41.2 Å². The molecule has 0 unspecified atom stereocenters. The van der Waals surface area contributed by atoms with E-state index in [2.05, 4.69) is 15.5 Å². The largest absolute Gasteiger partial charge is 0.326 e. The van der Waals surface area contributed by atoms with Crippen molar-refractivity contribution in [2.75, 3.05) is 5.32 Å². The van der Waals surface area contributed by atoms with Gasteiger partial charge in [-0.3, -0.25) is 9.59 Å². The Morgan fingerprint density at radius 2 is 1.81 bits per heavy atom. The number of aromatic nitrogens is 2. The lowest BCUT2D eigenvalue weighted by Gasteiger charge is -2.10. The highest BCUT2D eigenvalue weighted by Crippen LogP contribution is 2.26. The molecule has 0 saturated heterocycles. The van der Waals surface area contributed by atoms with Crippen LogP contribution in [0.3, 0.4) is 0 Å². The maximum absolute atomic E-state index is 12.0. The predicted molar refractivity (Wildman–Crippen MR) is 80.9 cm³/mol. The fraction of sp³-hybridized carbons (Fsp3) is 0.312. The highest BCUT2D eigenvalue weighted by Gasteiger charge is 2.22. The second-order valence-corrected chi connectivity index (χ2v) is 5.35. The minimum atomic E-state index is -0.223. The number of hydrogen-bond acceptors (Lipinski definition) is 3. The maximum atomic E-state index is 12.0.